The van der Waals surface area contributed by atoms with E-state index in [1.807, 2.05) is 45.0 Å². The molecular formula is C18H23N3O3. The maximum atomic E-state index is 12.1. The van der Waals surface area contributed by atoms with Gasteiger partial charge in [-0.2, -0.15) is 0 Å². The van der Waals surface area contributed by atoms with E-state index in [2.05, 4.69) is 16.7 Å². The molecule has 2 amide bonds. The number of nitrogens with zero attached hydrogens (tertiary/aromatic N) is 2. The quantitative estimate of drug-likeness (QED) is 0.794. The van der Waals surface area contributed by atoms with Crippen LogP contribution in [0.5, 0.6) is 0 Å². The van der Waals surface area contributed by atoms with Crippen LogP contribution in [0, 0.1) is 11.8 Å². The molecule has 0 aromatic heterocycles. The van der Waals surface area contributed by atoms with Crippen LogP contribution in [0.4, 0.5) is 10.5 Å². The summed E-state index contributed by atoms with van der Waals surface area (Å²) >= 11 is 0. The third-order valence-corrected chi connectivity index (χ3v) is 3.49. The first kappa shape index (κ1) is 17.7. The molecular weight excluding hydrogens is 306 g/mol. The molecule has 1 aromatic carbocycles. The molecule has 1 heterocycles. The zero-order valence-corrected chi connectivity index (χ0v) is 14.3. The number of rotatable bonds is 1. The van der Waals surface area contributed by atoms with Crippen LogP contribution in [-0.2, 0) is 9.53 Å². The molecule has 0 spiro atoms. The van der Waals surface area contributed by atoms with E-state index in [1.54, 1.807) is 4.90 Å². The first-order chi connectivity index (χ1) is 11.2. The Hall–Kier alpha value is -2.68. The van der Waals surface area contributed by atoms with Gasteiger partial charge in [0.15, 0.2) is 0 Å². The van der Waals surface area contributed by atoms with Gasteiger partial charge in [0.05, 0.1) is 0 Å². The fraction of sp³-hybridized carbons (Fsp3) is 0.444. The number of nitrogens with two attached hydrogens (primary N) is 1. The lowest BCUT2D eigenvalue weighted by Crippen LogP contribution is -2.50. The summed E-state index contributed by atoms with van der Waals surface area (Å²) < 4.78 is 5.40. The van der Waals surface area contributed by atoms with Gasteiger partial charge in [-0.05, 0) is 51.0 Å². The molecule has 0 unspecified atom stereocenters. The summed E-state index contributed by atoms with van der Waals surface area (Å²) in [6.45, 7) is 8.32. The van der Waals surface area contributed by atoms with E-state index in [-0.39, 0.29) is 6.09 Å². The van der Waals surface area contributed by atoms with Gasteiger partial charge < -0.3 is 20.3 Å². The number of hydrogen-bond acceptors (Lipinski definition) is 4. The lowest BCUT2D eigenvalue weighted by atomic mass is 10.2. The van der Waals surface area contributed by atoms with Crippen LogP contribution in [0.2, 0.25) is 0 Å². The molecule has 0 aliphatic carbocycles. The number of amides is 2. The van der Waals surface area contributed by atoms with Crippen molar-refractivity contribution in [2.24, 2.45) is 5.73 Å². The minimum absolute atomic E-state index is 0.265. The molecule has 6 nitrogen and oxygen atoms in total. The number of primary amides is 1. The highest BCUT2D eigenvalue weighted by atomic mass is 16.6. The molecule has 6 heteroatoms. The predicted octanol–water partition coefficient (Wildman–Crippen LogP) is 1.58. The van der Waals surface area contributed by atoms with Crippen LogP contribution in [0.25, 0.3) is 0 Å². The van der Waals surface area contributed by atoms with Crippen LogP contribution in [0.15, 0.2) is 24.3 Å². The first-order valence-corrected chi connectivity index (χ1v) is 7.89. The van der Waals surface area contributed by atoms with Gasteiger partial charge in [-0.25, -0.2) is 4.79 Å². The minimum atomic E-state index is -0.641. The Balaban J connectivity index is 1.92. The lowest BCUT2D eigenvalue weighted by Gasteiger charge is -2.36. The van der Waals surface area contributed by atoms with E-state index < -0.39 is 11.5 Å². The van der Waals surface area contributed by atoms with Gasteiger partial charge in [0.1, 0.15) is 5.60 Å². The van der Waals surface area contributed by atoms with Crippen LogP contribution >= 0.6 is 0 Å². The van der Waals surface area contributed by atoms with Crippen LogP contribution < -0.4 is 10.6 Å². The molecule has 1 saturated heterocycles. The van der Waals surface area contributed by atoms with Crippen molar-refractivity contribution in [3.05, 3.63) is 29.8 Å². The molecule has 0 bridgehead atoms. The molecule has 2 rings (SSSR count). The van der Waals surface area contributed by atoms with Crippen LogP contribution in [-0.4, -0.2) is 48.7 Å². The zero-order valence-electron chi connectivity index (χ0n) is 14.3. The van der Waals surface area contributed by atoms with Crippen molar-refractivity contribution in [3.8, 4) is 11.8 Å². The van der Waals surface area contributed by atoms with Crippen molar-refractivity contribution in [2.75, 3.05) is 31.1 Å². The van der Waals surface area contributed by atoms with Crippen molar-refractivity contribution >= 4 is 17.7 Å². The smallest absolute Gasteiger partial charge is 0.410 e. The summed E-state index contributed by atoms with van der Waals surface area (Å²) in [6, 6.07) is 7.61. The second kappa shape index (κ2) is 7.26. The molecule has 24 heavy (non-hydrogen) atoms. The van der Waals surface area contributed by atoms with Gasteiger partial charge in [-0.1, -0.05) is 5.92 Å². The average molecular weight is 329 g/mol. The predicted molar refractivity (Wildman–Crippen MR) is 92.5 cm³/mol. The molecule has 1 fully saturated rings. The zero-order chi connectivity index (χ0) is 17.7. The van der Waals surface area contributed by atoms with Gasteiger partial charge in [-0.3, -0.25) is 4.79 Å². The highest BCUT2D eigenvalue weighted by Crippen LogP contribution is 2.18. The van der Waals surface area contributed by atoms with E-state index in [9.17, 15) is 9.59 Å². The summed E-state index contributed by atoms with van der Waals surface area (Å²) in [7, 11) is 0. The maximum absolute atomic E-state index is 12.1. The Bertz CT molecular complexity index is 657. The monoisotopic (exact) mass is 329 g/mol. The van der Waals surface area contributed by atoms with Gasteiger partial charge in [-0.15, -0.1) is 0 Å². The fourth-order valence-corrected chi connectivity index (χ4v) is 2.36. The molecule has 0 atom stereocenters. The SMILES string of the molecule is CC(C)(C)OC(=O)N1CCN(c2ccc(C#CC(N)=O)cc2)CC1. The number of benzene rings is 1. The fourth-order valence-electron chi connectivity index (χ4n) is 2.36. The number of piperazine rings is 1. The Labute approximate surface area is 142 Å². The van der Waals surface area contributed by atoms with E-state index in [1.165, 1.54) is 0 Å². The molecule has 128 valence electrons. The average Bonchev–Trinajstić information content (AvgIpc) is 2.52. The van der Waals surface area contributed by atoms with E-state index >= 15 is 0 Å². The first-order valence-electron chi connectivity index (χ1n) is 7.89. The Morgan fingerprint density at radius 3 is 2.17 bits per heavy atom. The Morgan fingerprint density at radius 1 is 1.08 bits per heavy atom. The lowest BCUT2D eigenvalue weighted by molar-refractivity contribution is -0.112. The van der Waals surface area contributed by atoms with E-state index in [0.717, 1.165) is 24.3 Å². The highest BCUT2D eigenvalue weighted by molar-refractivity contribution is 5.92. The molecule has 1 aliphatic heterocycles. The van der Waals surface area contributed by atoms with Crippen LogP contribution in [0.1, 0.15) is 26.3 Å². The molecule has 1 aliphatic rings. The number of carbonyl (C=O) groups is 2. The van der Waals surface area contributed by atoms with Gasteiger partial charge in [0.25, 0.3) is 5.91 Å². The summed E-state index contributed by atoms with van der Waals surface area (Å²) in [5.41, 5.74) is 6.32. The largest absolute Gasteiger partial charge is 0.444 e. The van der Waals surface area contributed by atoms with Gasteiger partial charge in [0.2, 0.25) is 0 Å². The van der Waals surface area contributed by atoms with Crippen molar-refractivity contribution < 1.29 is 14.3 Å². The minimum Gasteiger partial charge on any atom is -0.444 e. The topological polar surface area (TPSA) is 75.9 Å². The Kier molecular flexibility index (Phi) is 5.35. The van der Waals surface area contributed by atoms with E-state index in [4.69, 9.17) is 10.5 Å². The molecule has 2 N–H and O–H groups in total. The second-order valence-corrected chi connectivity index (χ2v) is 6.62. The Morgan fingerprint density at radius 2 is 1.67 bits per heavy atom. The summed E-state index contributed by atoms with van der Waals surface area (Å²) in [4.78, 5) is 26.6. The van der Waals surface area contributed by atoms with Crippen LogP contribution in [0.3, 0.4) is 0 Å². The summed E-state index contributed by atoms with van der Waals surface area (Å²) in [6.07, 6.45) is -0.265. The number of ether oxygens (including phenoxy) is 1. The molecule has 1 aromatic rings. The third kappa shape index (κ3) is 5.20. The van der Waals surface area contributed by atoms with Crippen molar-refractivity contribution in [3.63, 3.8) is 0 Å². The molecule has 0 radical (unpaired) electrons. The van der Waals surface area contributed by atoms with Crippen molar-refractivity contribution in [1.29, 1.82) is 0 Å². The van der Waals surface area contributed by atoms with Crippen molar-refractivity contribution in [1.82, 2.24) is 4.90 Å². The maximum Gasteiger partial charge on any atom is 0.410 e. The third-order valence-electron chi connectivity index (χ3n) is 3.49. The normalized spacial score (nSPS) is 14.6. The second-order valence-electron chi connectivity index (χ2n) is 6.62. The number of anilines is 1. The standard InChI is InChI=1S/C18H23N3O3/c1-18(2,3)24-17(23)21-12-10-20(11-13-21)15-7-4-14(5-8-15)6-9-16(19)22/h4-5,7-8H,10-13H2,1-3H3,(H2,19,22). The number of hydrogen-bond donors (Lipinski definition) is 1. The number of carbonyl (C=O) groups excluding carboxylic acids is 2. The van der Waals surface area contributed by atoms with E-state index in [0.29, 0.717) is 13.1 Å². The van der Waals surface area contributed by atoms with Gasteiger partial charge >= 0.3 is 6.09 Å². The van der Waals surface area contributed by atoms with Gasteiger partial charge in [0, 0.05) is 37.4 Å². The molecule has 0 saturated carbocycles. The highest BCUT2D eigenvalue weighted by Gasteiger charge is 2.25. The summed E-state index contributed by atoms with van der Waals surface area (Å²) in [5, 5.41) is 0. The van der Waals surface area contributed by atoms with Crippen molar-refractivity contribution in [2.45, 2.75) is 26.4 Å². The summed E-state index contributed by atoms with van der Waals surface area (Å²) in [5.74, 6) is 4.38.